The van der Waals surface area contributed by atoms with Gasteiger partial charge in [-0.3, -0.25) is 4.90 Å². The van der Waals surface area contributed by atoms with Crippen LogP contribution in [0.3, 0.4) is 0 Å². The molecule has 1 aliphatic rings. The van der Waals surface area contributed by atoms with E-state index in [1.807, 2.05) is 25.1 Å². The summed E-state index contributed by atoms with van der Waals surface area (Å²) in [5, 5.41) is 24.6. The first-order valence-electron chi connectivity index (χ1n) is 13.5. The molecule has 0 saturated carbocycles. The quantitative estimate of drug-likeness (QED) is 0.123. The molecule has 0 aliphatic carbocycles. The van der Waals surface area contributed by atoms with Gasteiger partial charge in [0.05, 0.1) is 19.0 Å². The number of thioether (sulfide) groups is 1. The molecule has 1 N–H and O–H groups in total. The van der Waals surface area contributed by atoms with Gasteiger partial charge in [-0.25, -0.2) is 9.67 Å². The van der Waals surface area contributed by atoms with E-state index in [0.717, 1.165) is 41.1 Å². The van der Waals surface area contributed by atoms with Crippen LogP contribution in [-0.2, 0) is 6.42 Å². The summed E-state index contributed by atoms with van der Waals surface area (Å²) >= 11 is 1.40. The van der Waals surface area contributed by atoms with Crippen LogP contribution in [-0.4, -0.2) is 62.1 Å². The van der Waals surface area contributed by atoms with Crippen LogP contribution in [0.2, 0.25) is 0 Å². The molecule has 1 unspecified atom stereocenters. The second-order valence-corrected chi connectivity index (χ2v) is 11.0. The SMILES string of the molecule is CCc1cc(OC)ccc1N1C(=NN=Cc2ccc(-c3ncn(-c4ccc(OC(F)(F)C(F)(F)F)cc4)n3)cc2)SCC1(C)O. The summed E-state index contributed by atoms with van der Waals surface area (Å²) < 4.78 is 74.0. The summed E-state index contributed by atoms with van der Waals surface area (Å²) in [6.45, 7) is 3.76. The Bertz CT molecular complexity index is 1710. The van der Waals surface area contributed by atoms with Crippen LogP contribution >= 0.6 is 11.8 Å². The van der Waals surface area contributed by atoms with Crippen molar-refractivity contribution in [1.82, 2.24) is 14.8 Å². The van der Waals surface area contributed by atoms with Crippen molar-refractivity contribution in [3.8, 4) is 28.6 Å². The molecular formula is C30H27F5N6O3S. The largest absolute Gasteiger partial charge is 0.499 e. The number of aliphatic hydroxyl groups is 1. The second-order valence-electron chi connectivity index (χ2n) is 10.1. The molecule has 1 aromatic heterocycles. The molecule has 4 aromatic rings. The number of halogens is 5. The molecule has 0 amide bonds. The maximum atomic E-state index is 13.1. The average molecular weight is 647 g/mol. The van der Waals surface area contributed by atoms with Crippen LogP contribution in [0.5, 0.6) is 11.5 Å². The van der Waals surface area contributed by atoms with E-state index in [0.29, 0.717) is 28.0 Å². The van der Waals surface area contributed by atoms with E-state index in [4.69, 9.17) is 4.74 Å². The molecule has 0 radical (unpaired) electrons. The topological polar surface area (TPSA) is 97.4 Å². The van der Waals surface area contributed by atoms with Crippen molar-refractivity contribution >= 4 is 28.8 Å². The summed E-state index contributed by atoms with van der Waals surface area (Å²) in [5.74, 6) is 0.844. The molecule has 1 fully saturated rings. The van der Waals surface area contributed by atoms with Gasteiger partial charge in [0.25, 0.3) is 0 Å². The number of alkyl halides is 5. The molecule has 1 aliphatic heterocycles. The van der Waals surface area contributed by atoms with E-state index >= 15 is 0 Å². The van der Waals surface area contributed by atoms with Crippen molar-refractivity contribution in [1.29, 1.82) is 0 Å². The van der Waals surface area contributed by atoms with Gasteiger partial charge in [-0.2, -0.15) is 27.1 Å². The van der Waals surface area contributed by atoms with E-state index in [2.05, 4.69) is 25.0 Å². The summed E-state index contributed by atoms with van der Waals surface area (Å²) in [7, 11) is 1.61. The number of hydrogen-bond donors (Lipinski definition) is 1. The van der Waals surface area contributed by atoms with Crippen LogP contribution in [0.25, 0.3) is 17.1 Å². The van der Waals surface area contributed by atoms with Crippen LogP contribution in [0.4, 0.5) is 27.6 Å². The molecular weight excluding hydrogens is 619 g/mol. The van der Waals surface area contributed by atoms with Gasteiger partial charge in [0.15, 0.2) is 16.7 Å². The highest BCUT2D eigenvalue weighted by Crippen LogP contribution is 2.39. The first-order chi connectivity index (χ1) is 21.3. The number of anilines is 1. The zero-order valence-corrected chi connectivity index (χ0v) is 25.0. The minimum absolute atomic E-state index is 0.356. The van der Waals surface area contributed by atoms with Gasteiger partial charge in [-0.1, -0.05) is 43.0 Å². The van der Waals surface area contributed by atoms with E-state index < -0.39 is 23.8 Å². The number of rotatable bonds is 9. The Morgan fingerprint density at radius 1 is 1.02 bits per heavy atom. The number of ether oxygens (including phenoxy) is 2. The smallest absolute Gasteiger partial charge is 0.497 e. The number of amidine groups is 1. The highest BCUT2D eigenvalue weighted by atomic mass is 32.2. The first kappa shape index (κ1) is 31.9. The lowest BCUT2D eigenvalue weighted by atomic mass is 10.1. The molecule has 3 aromatic carbocycles. The fraction of sp³-hybridized carbons (Fsp3) is 0.267. The second kappa shape index (κ2) is 12.5. The molecule has 5 rings (SSSR count). The summed E-state index contributed by atoms with van der Waals surface area (Å²) in [6.07, 6.45) is -7.46. The molecule has 2 heterocycles. The van der Waals surface area contributed by atoms with E-state index in [1.165, 1.54) is 34.9 Å². The van der Waals surface area contributed by atoms with E-state index in [-0.39, 0.29) is 0 Å². The van der Waals surface area contributed by atoms with Crippen molar-refractivity contribution in [2.24, 2.45) is 10.2 Å². The highest BCUT2D eigenvalue weighted by Gasteiger charge is 2.61. The number of hydrogen-bond acceptors (Lipinski definition) is 8. The minimum Gasteiger partial charge on any atom is -0.497 e. The maximum Gasteiger partial charge on any atom is 0.499 e. The first-order valence-corrected chi connectivity index (χ1v) is 14.5. The Morgan fingerprint density at radius 2 is 1.71 bits per heavy atom. The van der Waals surface area contributed by atoms with Crippen molar-refractivity contribution in [2.75, 3.05) is 17.8 Å². The van der Waals surface area contributed by atoms with Gasteiger partial charge in [-0.05, 0) is 66.9 Å². The third-order valence-electron chi connectivity index (χ3n) is 6.74. The number of benzene rings is 3. The monoisotopic (exact) mass is 646 g/mol. The average Bonchev–Trinajstić information content (AvgIpc) is 3.61. The van der Waals surface area contributed by atoms with Gasteiger partial charge >= 0.3 is 12.3 Å². The van der Waals surface area contributed by atoms with Crippen molar-refractivity contribution < 1.29 is 36.5 Å². The normalized spacial score (nSPS) is 18.2. The van der Waals surface area contributed by atoms with Crippen LogP contribution < -0.4 is 14.4 Å². The van der Waals surface area contributed by atoms with Gasteiger partial charge in [0, 0.05) is 17.0 Å². The van der Waals surface area contributed by atoms with Gasteiger partial charge in [-0.15, -0.1) is 10.2 Å². The zero-order valence-electron chi connectivity index (χ0n) is 24.2. The molecule has 1 saturated heterocycles. The Balaban J connectivity index is 1.27. The van der Waals surface area contributed by atoms with Crippen molar-refractivity contribution in [3.05, 3.63) is 84.2 Å². The van der Waals surface area contributed by atoms with Crippen LogP contribution in [0.15, 0.2) is 83.3 Å². The minimum atomic E-state index is -5.84. The number of nitrogens with zero attached hydrogens (tertiary/aromatic N) is 6. The van der Waals surface area contributed by atoms with E-state index in [1.54, 1.807) is 49.4 Å². The van der Waals surface area contributed by atoms with Gasteiger partial charge in [0.2, 0.25) is 0 Å². The predicted octanol–water partition coefficient (Wildman–Crippen LogP) is 6.69. The lowest BCUT2D eigenvalue weighted by molar-refractivity contribution is -0.360. The fourth-order valence-corrected chi connectivity index (χ4v) is 5.48. The number of methoxy groups -OCH3 is 1. The van der Waals surface area contributed by atoms with Gasteiger partial charge < -0.3 is 14.6 Å². The van der Waals surface area contributed by atoms with Gasteiger partial charge in [0.1, 0.15) is 17.8 Å². The molecule has 0 bridgehead atoms. The maximum absolute atomic E-state index is 13.1. The Morgan fingerprint density at radius 3 is 2.36 bits per heavy atom. The molecule has 15 heteroatoms. The summed E-state index contributed by atoms with van der Waals surface area (Å²) in [4.78, 5) is 6.03. The number of aryl methyl sites for hydroxylation is 1. The standard InChI is InChI=1S/C30H27F5N6O3S/c1-4-20-15-24(43-3)13-14-25(20)41-27(45-17-28(41,2)42)38-37-16-19-5-7-21(8-6-19)26-36-18-40(39-26)22-9-11-23(12-10-22)44-30(34,35)29(31,32)33/h5-16,18,42H,4,17H2,1-3H3. The highest BCUT2D eigenvalue weighted by molar-refractivity contribution is 8.14. The molecule has 45 heavy (non-hydrogen) atoms. The predicted molar refractivity (Wildman–Crippen MR) is 161 cm³/mol. The summed E-state index contributed by atoms with van der Waals surface area (Å²) in [6, 6.07) is 17.3. The van der Waals surface area contributed by atoms with Crippen molar-refractivity contribution in [3.63, 3.8) is 0 Å². The lowest BCUT2D eigenvalue weighted by Crippen LogP contribution is -2.45. The van der Waals surface area contributed by atoms with Crippen LogP contribution in [0.1, 0.15) is 25.0 Å². The molecule has 1 atom stereocenters. The molecule has 236 valence electrons. The van der Waals surface area contributed by atoms with Crippen molar-refractivity contribution in [2.45, 2.75) is 38.3 Å². The third-order valence-corrected chi connectivity index (χ3v) is 7.96. The van der Waals surface area contributed by atoms with Crippen LogP contribution in [0, 0.1) is 0 Å². The lowest BCUT2D eigenvalue weighted by Gasteiger charge is -2.32. The Labute approximate surface area is 259 Å². The molecule has 9 nitrogen and oxygen atoms in total. The van der Waals surface area contributed by atoms with E-state index in [9.17, 15) is 27.1 Å². The Kier molecular flexibility index (Phi) is 8.85. The third kappa shape index (κ3) is 6.93. The fourth-order valence-electron chi connectivity index (χ4n) is 4.42. The Hall–Kier alpha value is -4.50. The molecule has 0 spiro atoms. The zero-order chi connectivity index (χ0) is 32.4. The summed E-state index contributed by atoms with van der Waals surface area (Å²) in [5.41, 5.74) is 2.45. The number of aromatic nitrogens is 3.